The van der Waals surface area contributed by atoms with Crippen LogP contribution < -0.4 is 0 Å². The van der Waals surface area contributed by atoms with Crippen molar-refractivity contribution < 1.29 is 13.2 Å². The maximum absolute atomic E-state index is 13.5. The van der Waals surface area contributed by atoms with Crippen molar-refractivity contribution in [3.8, 4) is 10.6 Å². The first-order valence-electron chi connectivity index (χ1n) is 5.21. The number of benzene rings is 1. The van der Waals surface area contributed by atoms with Crippen LogP contribution in [-0.4, -0.2) is 4.98 Å². The second kappa shape index (κ2) is 4.87. The zero-order chi connectivity index (χ0) is 12.4. The summed E-state index contributed by atoms with van der Waals surface area (Å²) in [4.78, 5) is 4.14. The molecule has 0 fully saturated rings. The maximum Gasteiger partial charge on any atom is 0.139 e. The summed E-state index contributed by atoms with van der Waals surface area (Å²) >= 11 is 1.16. The van der Waals surface area contributed by atoms with Crippen LogP contribution in [0.3, 0.4) is 0 Å². The third-order valence-corrected chi connectivity index (χ3v) is 3.19. The Morgan fingerprint density at radius 3 is 2.41 bits per heavy atom. The number of thiazole rings is 1. The Bertz CT molecular complexity index is 513. The van der Waals surface area contributed by atoms with Crippen molar-refractivity contribution in [3.63, 3.8) is 0 Å². The first-order valence-corrected chi connectivity index (χ1v) is 6.09. The summed E-state index contributed by atoms with van der Waals surface area (Å²) < 4.78 is 39.7. The van der Waals surface area contributed by atoms with Gasteiger partial charge in [0, 0.05) is 17.5 Å². The second-order valence-corrected chi connectivity index (χ2v) is 4.50. The number of nitrogens with zero attached hydrogens (tertiary/aromatic N) is 1. The molecule has 17 heavy (non-hydrogen) atoms. The van der Waals surface area contributed by atoms with Crippen molar-refractivity contribution in [2.24, 2.45) is 0 Å². The molecular weight excluding hydrogens is 247 g/mol. The van der Waals surface area contributed by atoms with Crippen molar-refractivity contribution in [1.29, 1.82) is 0 Å². The van der Waals surface area contributed by atoms with E-state index in [1.165, 1.54) is 0 Å². The minimum Gasteiger partial charge on any atom is -0.241 e. The lowest BCUT2D eigenvalue weighted by Gasteiger charge is -2.01. The Kier molecular flexibility index (Phi) is 3.47. The molecule has 0 aliphatic carbocycles. The van der Waals surface area contributed by atoms with Crippen LogP contribution >= 0.6 is 11.3 Å². The Morgan fingerprint density at radius 1 is 1.18 bits per heavy atom. The van der Waals surface area contributed by atoms with Gasteiger partial charge in [-0.05, 0) is 6.42 Å². The summed E-state index contributed by atoms with van der Waals surface area (Å²) in [5, 5.41) is 2.02. The molecule has 0 amide bonds. The van der Waals surface area contributed by atoms with Gasteiger partial charge in [0.15, 0.2) is 0 Å². The predicted molar refractivity (Wildman–Crippen MR) is 61.4 cm³/mol. The summed E-state index contributed by atoms with van der Waals surface area (Å²) in [7, 11) is 0. The third kappa shape index (κ3) is 2.49. The molecule has 2 aromatic rings. The van der Waals surface area contributed by atoms with E-state index in [2.05, 4.69) is 4.98 Å². The molecule has 1 heterocycles. The van der Waals surface area contributed by atoms with Gasteiger partial charge in [-0.25, -0.2) is 18.2 Å². The van der Waals surface area contributed by atoms with E-state index in [1.54, 1.807) is 5.38 Å². The fraction of sp³-hybridized carbons (Fsp3) is 0.250. The maximum atomic E-state index is 13.5. The van der Waals surface area contributed by atoms with Crippen LogP contribution in [0.4, 0.5) is 13.2 Å². The Hall–Kier alpha value is -1.36. The first kappa shape index (κ1) is 12.1. The van der Waals surface area contributed by atoms with Gasteiger partial charge in [-0.2, -0.15) is 0 Å². The summed E-state index contributed by atoms with van der Waals surface area (Å²) in [6.45, 7) is 2.00. The van der Waals surface area contributed by atoms with Crippen molar-refractivity contribution in [1.82, 2.24) is 4.98 Å². The molecule has 0 saturated heterocycles. The SMILES string of the molecule is CCCc1csc(-c2c(F)cc(F)cc2F)n1. The molecule has 1 nitrogen and oxygen atoms in total. The molecule has 0 aliphatic rings. The predicted octanol–water partition coefficient (Wildman–Crippen LogP) is 4.18. The van der Waals surface area contributed by atoms with Gasteiger partial charge in [0.25, 0.3) is 0 Å². The fourth-order valence-corrected chi connectivity index (χ4v) is 2.44. The van der Waals surface area contributed by atoms with Gasteiger partial charge < -0.3 is 0 Å². The number of aromatic nitrogens is 1. The lowest BCUT2D eigenvalue weighted by atomic mass is 10.2. The van der Waals surface area contributed by atoms with Crippen LogP contribution in [0.2, 0.25) is 0 Å². The zero-order valence-corrected chi connectivity index (χ0v) is 9.95. The molecule has 0 atom stereocenters. The van der Waals surface area contributed by atoms with Gasteiger partial charge in [-0.15, -0.1) is 11.3 Å². The van der Waals surface area contributed by atoms with E-state index < -0.39 is 17.5 Å². The normalized spacial score (nSPS) is 10.8. The van der Waals surface area contributed by atoms with E-state index in [0.717, 1.165) is 29.9 Å². The Morgan fingerprint density at radius 2 is 1.82 bits per heavy atom. The fourth-order valence-electron chi connectivity index (χ4n) is 1.54. The molecule has 0 N–H and O–H groups in total. The number of rotatable bonds is 3. The van der Waals surface area contributed by atoms with E-state index in [0.29, 0.717) is 12.1 Å². The minimum absolute atomic E-state index is 0.251. The lowest BCUT2D eigenvalue weighted by Crippen LogP contribution is -1.92. The smallest absolute Gasteiger partial charge is 0.139 e. The highest BCUT2D eigenvalue weighted by Gasteiger charge is 2.16. The number of hydrogen-bond acceptors (Lipinski definition) is 2. The van der Waals surface area contributed by atoms with E-state index in [-0.39, 0.29) is 10.6 Å². The van der Waals surface area contributed by atoms with Crippen molar-refractivity contribution in [2.45, 2.75) is 19.8 Å². The molecule has 2 rings (SSSR count). The van der Waals surface area contributed by atoms with Crippen LogP contribution in [0.25, 0.3) is 10.6 Å². The molecule has 5 heteroatoms. The molecule has 0 spiro atoms. The zero-order valence-electron chi connectivity index (χ0n) is 9.14. The second-order valence-electron chi connectivity index (χ2n) is 3.64. The van der Waals surface area contributed by atoms with Crippen LogP contribution in [-0.2, 0) is 6.42 Å². The minimum atomic E-state index is -0.922. The highest BCUT2D eigenvalue weighted by atomic mass is 32.1. The average Bonchev–Trinajstić information content (AvgIpc) is 2.65. The van der Waals surface area contributed by atoms with Crippen molar-refractivity contribution in [2.75, 3.05) is 0 Å². The summed E-state index contributed by atoms with van der Waals surface area (Å²) in [6, 6.07) is 1.33. The molecule has 0 radical (unpaired) electrons. The summed E-state index contributed by atoms with van der Waals surface area (Å²) in [5.74, 6) is -2.76. The molecule has 0 saturated carbocycles. The highest BCUT2D eigenvalue weighted by Crippen LogP contribution is 2.29. The van der Waals surface area contributed by atoms with Gasteiger partial charge in [0.2, 0.25) is 0 Å². The van der Waals surface area contributed by atoms with E-state index >= 15 is 0 Å². The van der Waals surface area contributed by atoms with E-state index in [1.807, 2.05) is 6.92 Å². The van der Waals surface area contributed by atoms with Gasteiger partial charge in [0.1, 0.15) is 22.5 Å². The van der Waals surface area contributed by atoms with Gasteiger partial charge in [-0.1, -0.05) is 13.3 Å². The molecule has 1 aromatic carbocycles. The van der Waals surface area contributed by atoms with Crippen LogP contribution in [0.5, 0.6) is 0 Å². The molecule has 0 aliphatic heterocycles. The topological polar surface area (TPSA) is 12.9 Å². The molecule has 0 bridgehead atoms. The van der Waals surface area contributed by atoms with Gasteiger partial charge in [-0.3, -0.25) is 0 Å². The number of hydrogen-bond donors (Lipinski definition) is 0. The standard InChI is InChI=1S/C12H10F3NS/c1-2-3-8-6-17-12(16-8)11-9(14)4-7(13)5-10(11)15/h4-6H,2-3H2,1H3. The van der Waals surface area contributed by atoms with E-state index in [9.17, 15) is 13.2 Å². The quantitative estimate of drug-likeness (QED) is 0.803. The molecular formula is C12H10F3NS. The first-order chi connectivity index (χ1) is 8.11. The highest BCUT2D eigenvalue weighted by molar-refractivity contribution is 7.13. The molecule has 0 unspecified atom stereocenters. The lowest BCUT2D eigenvalue weighted by molar-refractivity contribution is 0.548. The summed E-state index contributed by atoms with van der Waals surface area (Å²) in [6.07, 6.45) is 1.68. The average molecular weight is 257 g/mol. The molecule has 1 aromatic heterocycles. The van der Waals surface area contributed by atoms with Gasteiger partial charge in [0.05, 0.1) is 11.3 Å². The van der Waals surface area contributed by atoms with Crippen LogP contribution in [0.1, 0.15) is 19.0 Å². The van der Waals surface area contributed by atoms with Crippen LogP contribution in [0, 0.1) is 17.5 Å². The largest absolute Gasteiger partial charge is 0.241 e. The van der Waals surface area contributed by atoms with Crippen molar-refractivity contribution in [3.05, 3.63) is 40.7 Å². The summed E-state index contributed by atoms with van der Waals surface area (Å²) in [5.41, 5.74) is 0.550. The monoisotopic (exact) mass is 257 g/mol. The Balaban J connectivity index is 2.45. The van der Waals surface area contributed by atoms with E-state index in [4.69, 9.17) is 0 Å². The third-order valence-electron chi connectivity index (χ3n) is 2.28. The molecule has 90 valence electrons. The van der Waals surface area contributed by atoms with Crippen molar-refractivity contribution >= 4 is 11.3 Å². The number of aryl methyl sites for hydroxylation is 1. The Labute approximate surface area is 101 Å². The van der Waals surface area contributed by atoms with Crippen LogP contribution in [0.15, 0.2) is 17.5 Å². The van der Waals surface area contributed by atoms with Gasteiger partial charge >= 0.3 is 0 Å². The number of halogens is 3.